The molecule has 0 unspecified atom stereocenters. The first-order valence-corrected chi connectivity index (χ1v) is 8.76. The van der Waals surface area contributed by atoms with Crippen LogP contribution in [0.3, 0.4) is 0 Å². The van der Waals surface area contributed by atoms with Gasteiger partial charge >= 0.3 is 0 Å². The summed E-state index contributed by atoms with van der Waals surface area (Å²) in [6.45, 7) is 2.53. The van der Waals surface area contributed by atoms with E-state index in [0.717, 1.165) is 25.7 Å². The van der Waals surface area contributed by atoms with Gasteiger partial charge in [-0.1, -0.05) is 12.8 Å². The molecule has 0 aromatic carbocycles. The van der Waals surface area contributed by atoms with Crippen LogP contribution in [0, 0.1) is 0 Å². The summed E-state index contributed by atoms with van der Waals surface area (Å²) < 4.78 is 27.9. The first-order valence-electron chi connectivity index (χ1n) is 7.28. The standard InChI is InChI=1S/C13H22N4O2S/c1-13(6-2-3-7-13)17-20(18,19)12-10(9-15-16-12)8-14-11-4-5-11/h9,11,14,17H,2-8H2,1H3,(H,15,16). The number of aromatic nitrogens is 2. The van der Waals surface area contributed by atoms with E-state index in [-0.39, 0.29) is 10.6 Å². The van der Waals surface area contributed by atoms with Crippen molar-refractivity contribution in [1.29, 1.82) is 0 Å². The van der Waals surface area contributed by atoms with Gasteiger partial charge in [-0.05, 0) is 32.6 Å². The number of rotatable bonds is 6. The summed E-state index contributed by atoms with van der Waals surface area (Å²) >= 11 is 0. The molecule has 20 heavy (non-hydrogen) atoms. The first kappa shape index (κ1) is 14.0. The molecule has 6 nitrogen and oxygen atoms in total. The molecule has 3 rings (SSSR count). The fraction of sp³-hybridized carbons (Fsp3) is 0.769. The highest BCUT2D eigenvalue weighted by atomic mass is 32.2. The van der Waals surface area contributed by atoms with Gasteiger partial charge in [0.2, 0.25) is 0 Å². The molecule has 0 saturated heterocycles. The molecule has 1 heterocycles. The van der Waals surface area contributed by atoms with Crippen LogP contribution >= 0.6 is 0 Å². The second-order valence-electron chi connectivity index (χ2n) is 6.25. The van der Waals surface area contributed by atoms with E-state index in [2.05, 4.69) is 20.2 Å². The smallest absolute Gasteiger partial charge is 0.258 e. The molecule has 0 spiro atoms. The lowest BCUT2D eigenvalue weighted by molar-refractivity contribution is 0.426. The van der Waals surface area contributed by atoms with E-state index in [4.69, 9.17) is 0 Å². The third-order valence-corrected chi connectivity index (χ3v) is 5.85. The van der Waals surface area contributed by atoms with Gasteiger partial charge in [-0.2, -0.15) is 5.10 Å². The molecule has 0 radical (unpaired) electrons. The highest BCUT2D eigenvalue weighted by Crippen LogP contribution is 2.30. The summed E-state index contributed by atoms with van der Waals surface area (Å²) in [4.78, 5) is 0. The Kier molecular flexibility index (Phi) is 3.60. The number of nitrogens with zero attached hydrogens (tertiary/aromatic N) is 1. The van der Waals surface area contributed by atoms with Crippen LogP contribution in [0.5, 0.6) is 0 Å². The van der Waals surface area contributed by atoms with Gasteiger partial charge in [0.1, 0.15) is 0 Å². The maximum Gasteiger partial charge on any atom is 0.258 e. The van der Waals surface area contributed by atoms with Gasteiger partial charge in [-0.15, -0.1) is 0 Å². The van der Waals surface area contributed by atoms with Crippen molar-refractivity contribution in [2.45, 2.75) is 68.6 Å². The minimum absolute atomic E-state index is 0.207. The van der Waals surface area contributed by atoms with E-state index in [1.54, 1.807) is 6.20 Å². The second kappa shape index (κ2) is 5.13. The van der Waals surface area contributed by atoms with E-state index in [1.165, 1.54) is 12.8 Å². The Morgan fingerprint density at radius 2 is 2.10 bits per heavy atom. The lowest BCUT2D eigenvalue weighted by Gasteiger charge is -2.24. The SMILES string of the molecule is CC1(NS(=O)(=O)c2[nH]ncc2CNC2CC2)CCCC1. The quantitative estimate of drug-likeness (QED) is 0.738. The molecular weight excluding hydrogens is 276 g/mol. The summed E-state index contributed by atoms with van der Waals surface area (Å²) in [7, 11) is -3.53. The molecular formula is C13H22N4O2S. The van der Waals surface area contributed by atoms with Gasteiger partial charge in [0.25, 0.3) is 10.0 Å². The highest BCUT2D eigenvalue weighted by molar-refractivity contribution is 7.89. The van der Waals surface area contributed by atoms with Crippen molar-refractivity contribution in [3.63, 3.8) is 0 Å². The van der Waals surface area contributed by atoms with E-state index in [9.17, 15) is 8.42 Å². The highest BCUT2D eigenvalue weighted by Gasteiger charge is 2.35. The van der Waals surface area contributed by atoms with Gasteiger partial charge < -0.3 is 5.32 Å². The number of H-pyrrole nitrogens is 1. The maximum atomic E-state index is 12.5. The molecule has 2 fully saturated rings. The van der Waals surface area contributed by atoms with Crippen molar-refractivity contribution in [3.05, 3.63) is 11.8 Å². The van der Waals surface area contributed by atoms with Crippen molar-refractivity contribution in [2.24, 2.45) is 0 Å². The van der Waals surface area contributed by atoms with E-state index in [0.29, 0.717) is 18.2 Å². The summed E-state index contributed by atoms with van der Waals surface area (Å²) in [5.41, 5.74) is 0.400. The zero-order valence-electron chi connectivity index (χ0n) is 11.8. The van der Waals surface area contributed by atoms with E-state index < -0.39 is 10.0 Å². The molecule has 3 N–H and O–H groups in total. The van der Waals surface area contributed by atoms with Crippen molar-refractivity contribution in [3.8, 4) is 0 Å². The van der Waals surface area contributed by atoms with Crippen LogP contribution < -0.4 is 10.0 Å². The summed E-state index contributed by atoms with van der Waals surface area (Å²) in [5.74, 6) is 0. The summed E-state index contributed by atoms with van der Waals surface area (Å²) in [6, 6.07) is 0.542. The molecule has 112 valence electrons. The van der Waals surface area contributed by atoms with Crippen LogP contribution in [0.2, 0.25) is 0 Å². The summed E-state index contributed by atoms with van der Waals surface area (Å²) in [5, 5.41) is 10.1. The molecule has 0 bridgehead atoms. The van der Waals surface area contributed by atoms with Gasteiger partial charge in [-0.3, -0.25) is 5.10 Å². The molecule has 0 atom stereocenters. The van der Waals surface area contributed by atoms with E-state index in [1.807, 2.05) is 6.92 Å². The van der Waals surface area contributed by atoms with Crippen LogP contribution in [0.4, 0.5) is 0 Å². The third kappa shape index (κ3) is 3.05. The predicted molar refractivity (Wildman–Crippen MR) is 75.6 cm³/mol. The largest absolute Gasteiger partial charge is 0.310 e. The Morgan fingerprint density at radius 1 is 1.40 bits per heavy atom. The minimum Gasteiger partial charge on any atom is -0.310 e. The lowest BCUT2D eigenvalue weighted by Crippen LogP contribution is -2.43. The Balaban J connectivity index is 1.74. The normalized spacial score (nSPS) is 22.2. The molecule has 2 aliphatic carbocycles. The Bertz CT molecular complexity index is 571. The van der Waals surface area contributed by atoms with Gasteiger partial charge in [0.05, 0.1) is 6.20 Å². The van der Waals surface area contributed by atoms with E-state index >= 15 is 0 Å². The van der Waals surface area contributed by atoms with Crippen molar-refractivity contribution in [2.75, 3.05) is 0 Å². The van der Waals surface area contributed by atoms with Gasteiger partial charge in [0, 0.05) is 23.7 Å². The Morgan fingerprint density at radius 3 is 2.75 bits per heavy atom. The first-order chi connectivity index (χ1) is 9.49. The molecule has 1 aromatic heterocycles. The fourth-order valence-corrected chi connectivity index (χ4v) is 4.43. The molecule has 2 saturated carbocycles. The molecule has 2 aliphatic rings. The van der Waals surface area contributed by atoms with Crippen LogP contribution in [-0.2, 0) is 16.6 Å². The van der Waals surface area contributed by atoms with Crippen molar-refractivity contribution in [1.82, 2.24) is 20.2 Å². The number of aromatic amines is 1. The molecule has 0 aliphatic heterocycles. The Hall–Kier alpha value is -0.920. The molecule has 1 aromatic rings. The maximum absolute atomic E-state index is 12.5. The monoisotopic (exact) mass is 298 g/mol. The zero-order valence-corrected chi connectivity index (χ0v) is 12.6. The number of hydrogen-bond donors (Lipinski definition) is 3. The van der Waals surface area contributed by atoms with Crippen molar-refractivity contribution >= 4 is 10.0 Å². The van der Waals surface area contributed by atoms with Crippen molar-refractivity contribution < 1.29 is 8.42 Å². The topological polar surface area (TPSA) is 86.9 Å². The summed E-state index contributed by atoms with van der Waals surface area (Å²) in [6.07, 6.45) is 7.91. The van der Waals surface area contributed by atoms with Crippen LogP contribution in [0.25, 0.3) is 0 Å². The second-order valence-corrected chi connectivity index (χ2v) is 7.87. The average Bonchev–Trinajstić information content (AvgIpc) is 2.90. The Labute approximate surface area is 119 Å². The minimum atomic E-state index is -3.53. The zero-order chi connectivity index (χ0) is 14.2. The fourth-order valence-electron chi connectivity index (χ4n) is 2.83. The van der Waals surface area contributed by atoms with Crippen LogP contribution in [0.1, 0.15) is 51.0 Å². The van der Waals surface area contributed by atoms with Gasteiger partial charge in [0.15, 0.2) is 5.03 Å². The lowest BCUT2D eigenvalue weighted by atomic mass is 10.0. The van der Waals surface area contributed by atoms with Crippen LogP contribution in [0.15, 0.2) is 11.2 Å². The number of sulfonamides is 1. The molecule has 0 amide bonds. The number of nitrogens with one attached hydrogen (secondary N) is 3. The molecule has 7 heteroatoms. The predicted octanol–water partition coefficient (Wildman–Crippen LogP) is 1.27. The number of hydrogen-bond acceptors (Lipinski definition) is 4. The van der Waals surface area contributed by atoms with Crippen LogP contribution in [-0.4, -0.2) is 30.2 Å². The third-order valence-electron chi connectivity index (χ3n) is 4.19. The average molecular weight is 298 g/mol. The van der Waals surface area contributed by atoms with Gasteiger partial charge in [-0.25, -0.2) is 13.1 Å².